The number of alkyl halides is 1. The first kappa shape index (κ1) is 15.0. The number of rotatable bonds is 4. The van der Waals surface area contributed by atoms with Gasteiger partial charge in [0.25, 0.3) is 0 Å². The molecule has 0 aromatic heterocycles. The third-order valence-electron chi connectivity index (χ3n) is 3.37. The zero-order chi connectivity index (χ0) is 13.9. The summed E-state index contributed by atoms with van der Waals surface area (Å²) >= 11 is 5.86. The highest BCUT2D eigenvalue weighted by atomic mass is 35.5. The van der Waals surface area contributed by atoms with Crippen LogP contribution in [0.3, 0.4) is 0 Å². The van der Waals surface area contributed by atoms with Crippen LogP contribution in [0.25, 0.3) is 0 Å². The Labute approximate surface area is 115 Å². The van der Waals surface area contributed by atoms with Gasteiger partial charge in [0.1, 0.15) is 0 Å². The molecule has 0 saturated heterocycles. The van der Waals surface area contributed by atoms with Crippen molar-refractivity contribution in [3.05, 3.63) is 35.4 Å². The van der Waals surface area contributed by atoms with Crippen LogP contribution in [-0.4, -0.2) is 23.7 Å². The highest BCUT2D eigenvalue weighted by molar-refractivity contribution is 6.19. The summed E-state index contributed by atoms with van der Waals surface area (Å²) in [7, 11) is 1.83. The van der Waals surface area contributed by atoms with E-state index in [9.17, 15) is 4.79 Å². The Kier molecular flexibility index (Phi) is 4.80. The van der Waals surface area contributed by atoms with E-state index in [4.69, 9.17) is 11.6 Å². The smallest absolute Gasteiger partial charge is 0.229 e. The number of amides is 1. The van der Waals surface area contributed by atoms with Gasteiger partial charge in [-0.15, -0.1) is 11.6 Å². The molecule has 3 heteroatoms. The molecule has 0 aliphatic carbocycles. The van der Waals surface area contributed by atoms with Crippen LogP contribution in [0.15, 0.2) is 24.3 Å². The maximum Gasteiger partial charge on any atom is 0.229 e. The van der Waals surface area contributed by atoms with Crippen molar-refractivity contribution < 1.29 is 4.79 Å². The molecule has 0 aliphatic rings. The lowest BCUT2D eigenvalue weighted by molar-refractivity contribution is -0.139. The Morgan fingerprint density at radius 3 is 2.28 bits per heavy atom. The molecule has 0 spiro atoms. The van der Waals surface area contributed by atoms with Crippen molar-refractivity contribution in [2.75, 3.05) is 12.9 Å². The first-order valence-electron chi connectivity index (χ1n) is 6.19. The van der Waals surface area contributed by atoms with E-state index in [1.807, 2.05) is 27.8 Å². The molecule has 18 heavy (non-hydrogen) atoms. The summed E-state index contributed by atoms with van der Waals surface area (Å²) in [4.78, 5) is 14.1. The monoisotopic (exact) mass is 267 g/mol. The summed E-state index contributed by atoms with van der Waals surface area (Å²) in [5.41, 5.74) is 1.85. The second-order valence-corrected chi connectivity index (χ2v) is 5.79. The third-order valence-corrected chi connectivity index (χ3v) is 4.04. The molecule has 0 fully saturated rings. The van der Waals surface area contributed by atoms with E-state index in [2.05, 4.69) is 31.2 Å². The number of halogens is 1. The van der Waals surface area contributed by atoms with Crippen molar-refractivity contribution in [1.82, 2.24) is 4.90 Å². The quantitative estimate of drug-likeness (QED) is 0.761. The molecule has 1 amide bonds. The summed E-state index contributed by atoms with van der Waals surface area (Å²) in [6, 6.07) is 8.32. The summed E-state index contributed by atoms with van der Waals surface area (Å²) in [5.74, 6) is 0.405. The van der Waals surface area contributed by atoms with Crippen molar-refractivity contribution in [2.45, 2.75) is 33.7 Å². The van der Waals surface area contributed by atoms with Gasteiger partial charge in [-0.25, -0.2) is 0 Å². The Morgan fingerprint density at radius 1 is 1.33 bits per heavy atom. The van der Waals surface area contributed by atoms with Gasteiger partial charge in [-0.1, -0.05) is 29.8 Å². The lowest BCUT2D eigenvalue weighted by Crippen LogP contribution is -2.40. The largest absolute Gasteiger partial charge is 0.338 e. The van der Waals surface area contributed by atoms with E-state index in [0.29, 0.717) is 5.88 Å². The second kappa shape index (κ2) is 5.75. The first-order valence-corrected chi connectivity index (χ1v) is 6.73. The van der Waals surface area contributed by atoms with Crippen LogP contribution in [0.2, 0.25) is 0 Å². The van der Waals surface area contributed by atoms with Crippen LogP contribution in [0.4, 0.5) is 0 Å². The summed E-state index contributed by atoms with van der Waals surface area (Å²) < 4.78 is 0. The van der Waals surface area contributed by atoms with E-state index in [1.165, 1.54) is 5.56 Å². The first-order chi connectivity index (χ1) is 8.29. The van der Waals surface area contributed by atoms with Crippen LogP contribution in [-0.2, 0) is 4.79 Å². The number of hydrogen-bond acceptors (Lipinski definition) is 1. The maximum absolute atomic E-state index is 12.3. The number of benzene rings is 1. The minimum absolute atomic E-state index is 0.0561. The van der Waals surface area contributed by atoms with E-state index >= 15 is 0 Å². The number of nitrogens with zero attached hydrogens (tertiary/aromatic N) is 1. The highest BCUT2D eigenvalue weighted by Crippen LogP contribution is 2.26. The molecule has 100 valence electrons. The molecule has 0 bridgehead atoms. The highest BCUT2D eigenvalue weighted by Gasteiger charge is 2.31. The molecule has 1 rings (SSSR count). The fourth-order valence-corrected chi connectivity index (χ4v) is 1.89. The van der Waals surface area contributed by atoms with Crippen molar-refractivity contribution >= 4 is 17.5 Å². The molecule has 1 atom stereocenters. The maximum atomic E-state index is 12.3. The molecule has 1 aromatic rings. The van der Waals surface area contributed by atoms with E-state index in [1.54, 1.807) is 4.90 Å². The lowest BCUT2D eigenvalue weighted by Gasteiger charge is -2.32. The van der Waals surface area contributed by atoms with Crippen molar-refractivity contribution in [1.29, 1.82) is 0 Å². The summed E-state index contributed by atoms with van der Waals surface area (Å²) in [6.45, 7) is 7.84. The van der Waals surface area contributed by atoms with Gasteiger partial charge in [-0.05, 0) is 33.3 Å². The zero-order valence-electron chi connectivity index (χ0n) is 11.8. The van der Waals surface area contributed by atoms with Gasteiger partial charge in [-0.2, -0.15) is 0 Å². The molecule has 0 saturated carbocycles. The Morgan fingerprint density at radius 2 is 1.83 bits per heavy atom. The number of hydrogen-bond donors (Lipinski definition) is 0. The summed E-state index contributed by atoms with van der Waals surface area (Å²) in [5, 5.41) is 0. The average molecular weight is 268 g/mol. The van der Waals surface area contributed by atoms with Crippen LogP contribution >= 0.6 is 11.6 Å². The lowest BCUT2D eigenvalue weighted by atomic mass is 9.93. The normalized spacial score (nSPS) is 13.2. The van der Waals surface area contributed by atoms with Crippen molar-refractivity contribution in [2.24, 2.45) is 5.41 Å². The van der Waals surface area contributed by atoms with Crippen LogP contribution in [0.1, 0.15) is 37.9 Å². The summed E-state index contributed by atoms with van der Waals surface area (Å²) in [6.07, 6.45) is 0. The van der Waals surface area contributed by atoms with Gasteiger partial charge < -0.3 is 4.90 Å². The molecule has 1 aromatic carbocycles. The van der Waals surface area contributed by atoms with E-state index in [0.717, 1.165) is 5.56 Å². The van der Waals surface area contributed by atoms with Gasteiger partial charge in [0.05, 0.1) is 11.5 Å². The Bertz CT molecular complexity index is 411. The zero-order valence-corrected chi connectivity index (χ0v) is 12.6. The van der Waals surface area contributed by atoms with E-state index in [-0.39, 0.29) is 11.9 Å². The van der Waals surface area contributed by atoms with Gasteiger partial charge >= 0.3 is 0 Å². The Hall–Kier alpha value is -1.02. The Balaban J connectivity index is 2.87. The fourth-order valence-electron chi connectivity index (χ4n) is 1.78. The van der Waals surface area contributed by atoms with Gasteiger partial charge in [0.15, 0.2) is 0 Å². The molecule has 0 radical (unpaired) electrons. The molecular weight excluding hydrogens is 246 g/mol. The molecule has 0 N–H and O–H groups in total. The minimum Gasteiger partial charge on any atom is -0.338 e. The number of aryl methyl sites for hydroxylation is 1. The second-order valence-electron chi connectivity index (χ2n) is 5.52. The third kappa shape index (κ3) is 3.26. The molecule has 2 nitrogen and oxygen atoms in total. The fraction of sp³-hybridized carbons (Fsp3) is 0.533. The molecule has 0 heterocycles. The minimum atomic E-state index is -0.519. The van der Waals surface area contributed by atoms with Crippen molar-refractivity contribution in [3.63, 3.8) is 0 Å². The topological polar surface area (TPSA) is 20.3 Å². The molecule has 1 unspecified atom stereocenters. The average Bonchev–Trinajstić information content (AvgIpc) is 2.37. The van der Waals surface area contributed by atoms with Gasteiger partial charge in [-0.3, -0.25) is 4.79 Å². The predicted octanol–water partition coefficient (Wildman–Crippen LogP) is 3.78. The van der Waals surface area contributed by atoms with Gasteiger partial charge in [0.2, 0.25) is 5.91 Å². The van der Waals surface area contributed by atoms with Crippen LogP contribution < -0.4 is 0 Å². The number of carbonyl (C=O) groups excluding carboxylic acids is 1. The van der Waals surface area contributed by atoms with Gasteiger partial charge in [0, 0.05) is 12.9 Å². The molecule has 0 aliphatic heterocycles. The molecular formula is C15H22ClNO. The number of carbonyl (C=O) groups is 1. The van der Waals surface area contributed by atoms with E-state index < -0.39 is 5.41 Å². The standard InChI is InChI=1S/C15H22ClNO/c1-11-6-8-13(9-7-11)12(2)17(5)14(18)15(3,4)10-16/h6-9,12H,10H2,1-5H3. The SMILES string of the molecule is Cc1ccc(C(C)N(C)C(=O)C(C)(C)CCl)cc1. The van der Waals surface area contributed by atoms with Crippen molar-refractivity contribution in [3.8, 4) is 0 Å². The van der Waals surface area contributed by atoms with Crippen LogP contribution in [0.5, 0.6) is 0 Å². The predicted molar refractivity (Wildman–Crippen MR) is 76.9 cm³/mol. The van der Waals surface area contributed by atoms with Crippen LogP contribution in [0, 0.1) is 12.3 Å².